The average molecular weight is 589 g/mol. The predicted octanol–water partition coefficient (Wildman–Crippen LogP) is 5.49. The second-order valence-electron chi connectivity index (χ2n) is 10.6. The third-order valence-electron chi connectivity index (χ3n) is 7.94. The first-order chi connectivity index (χ1) is 20.9. The van der Waals surface area contributed by atoms with Crippen LogP contribution in [-0.4, -0.2) is 65.4 Å². The number of pyridine rings is 1. The number of amides is 2. The minimum Gasteiger partial charge on any atom is -0.495 e. The standard InChI is InChI=1S/C30H33FN8O4/c1-18-27(25(14-31)43-36-18)38-17-21-15-33-29(35-28(21)39(30(38)40)26-8-6-22(41-3)16-32-26)34-23-7-5-20(13-24(23)42-4)19-9-11-37(2)12-10-19/h5-8,13,15-16,19H,9-12,14,17H2,1-4H3,(H,33,34,35). The number of alkyl halides is 1. The molecule has 1 aromatic carbocycles. The van der Waals surface area contributed by atoms with E-state index >= 15 is 0 Å². The molecule has 3 aromatic heterocycles. The van der Waals surface area contributed by atoms with Crippen LogP contribution in [0.5, 0.6) is 11.5 Å². The van der Waals surface area contributed by atoms with Gasteiger partial charge in [0.05, 0.1) is 32.6 Å². The monoisotopic (exact) mass is 588 g/mol. The first kappa shape index (κ1) is 28.3. The molecular weight excluding hydrogens is 555 g/mol. The maximum absolute atomic E-state index is 14.0. The smallest absolute Gasteiger partial charge is 0.336 e. The Bertz CT molecular complexity index is 1620. The summed E-state index contributed by atoms with van der Waals surface area (Å²) in [4.78, 5) is 32.9. The molecule has 0 radical (unpaired) electrons. The van der Waals surface area contributed by atoms with Crippen LogP contribution in [0.1, 0.15) is 41.3 Å². The average Bonchev–Trinajstić information content (AvgIpc) is 3.41. The molecule has 13 heteroatoms. The maximum Gasteiger partial charge on any atom is 0.336 e. The van der Waals surface area contributed by atoms with Gasteiger partial charge in [0, 0.05) is 11.8 Å². The molecule has 224 valence electrons. The van der Waals surface area contributed by atoms with E-state index in [0.29, 0.717) is 46.0 Å². The number of hydrogen-bond acceptors (Lipinski definition) is 10. The zero-order chi connectivity index (χ0) is 30.1. The molecular formula is C30H33FN8O4. The summed E-state index contributed by atoms with van der Waals surface area (Å²) < 4.78 is 29.9. The van der Waals surface area contributed by atoms with Gasteiger partial charge in [-0.2, -0.15) is 4.98 Å². The van der Waals surface area contributed by atoms with Crippen LogP contribution in [0.4, 0.5) is 38.1 Å². The minimum atomic E-state index is -0.911. The number of aromatic nitrogens is 4. The van der Waals surface area contributed by atoms with Crippen molar-refractivity contribution in [1.29, 1.82) is 0 Å². The van der Waals surface area contributed by atoms with Gasteiger partial charge in [-0.3, -0.25) is 4.90 Å². The Morgan fingerprint density at radius 1 is 1.09 bits per heavy atom. The summed E-state index contributed by atoms with van der Waals surface area (Å²) in [5.74, 6) is 2.56. The lowest BCUT2D eigenvalue weighted by atomic mass is 9.89. The summed E-state index contributed by atoms with van der Waals surface area (Å²) in [6.45, 7) is 2.97. The van der Waals surface area contributed by atoms with Crippen LogP contribution < -0.4 is 24.6 Å². The minimum absolute atomic E-state index is 0.0352. The van der Waals surface area contributed by atoms with Gasteiger partial charge in [0.15, 0.2) is 18.3 Å². The van der Waals surface area contributed by atoms with E-state index in [9.17, 15) is 9.18 Å². The van der Waals surface area contributed by atoms with Crippen LogP contribution in [0.3, 0.4) is 0 Å². The summed E-state index contributed by atoms with van der Waals surface area (Å²) in [5.41, 5.74) is 3.22. The first-order valence-corrected chi connectivity index (χ1v) is 14.0. The van der Waals surface area contributed by atoms with Crippen molar-refractivity contribution in [1.82, 2.24) is 25.0 Å². The summed E-state index contributed by atoms with van der Waals surface area (Å²) in [5, 5.41) is 7.14. The third kappa shape index (κ3) is 5.43. The van der Waals surface area contributed by atoms with Crippen molar-refractivity contribution < 1.29 is 23.2 Å². The van der Waals surface area contributed by atoms with Gasteiger partial charge in [0.25, 0.3) is 0 Å². The summed E-state index contributed by atoms with van der Waals surface area (Å²) in [6.07, 6.45) is 5.34. The van der Waals surface area contributed by atoms with Gasteiger partial charge in [-0.15, -0.1) is 0 Å². The number of anilines is 5. The highest BCUT2D eigenvalue weighted by Crippen LogP contribution is 2.39. The van der Waals surface area contributed by atoms with Crippen molar-refractivity contribution in [3.8, 4) is 11.5 Å². The van der Waals surface area contributed by atoms with Crippen LogP contribution in [0.2, 0.25) is 0 Å². The molecule has 0 bridgehead atoms. The fourth-order valence-corrected chi connectivity index (χ4v) is 5.59. The van der Waals surface area contributed by atoms with Crippen LogP contribution in [0, 0.1) is 6.92 Å². The fourth-order valence-electron chi connectivity index (χ4n) is 5.59. The van der Waals surface area contributed by atoms with Crippen LogP contribution in [0.25, 0.3) is 0 Å². The zero-order valence-corrected chi connectivity index (χ0v) is 24.5. The number of halogens is 1. The Morgan fingerprint density at radius 2 is 1.91 bits per heavy atom. The van der Waals surface area contributed by atoms with Crippen molar-refractivity contribution >= 4 is 35.0 Å². The Labute approximate surface area is 248 Å². The summed E-state index contributed by atoms with van der Waals surface area (Å²) >= 11 is 0. The highest BCUT2D eigenvalue weighted by molar-refractivity contribution is 6.10. The Morgan fingerprint density at radius 3 is 2.60 bits per heavy atom. The Balaban J connectivity index is 1.35. The normalized spacial score (nSPS) is 15.9. The molecule has 6 rings (SSSR count). The van der Waals surface area contributed by atoms with E-state index in [2.05, 4.69) is 44.5 Å². The van der Waals surface area contributed by atoms with Crippen molar-refractivity contribution in [3.05, 3.63) is 65.3 Å². The number of likely N-dealkylation sites (tertiary alicyclic amines) is 1. The Hall–Kier alpha value is -4.78. The van der Waals surface area contributed by atoms with Gasteiger partial charge < -0.3 is 24.2 Å². The highest BCUT2D eigenvalue weighted by atomic mass is 19.1. The number of aryl methyl sites for hydroxylation is 1. The number of carbonyl (C=O) groups is 1. The number of rotatable bonds is 8. The van der Waals surface area contributed by atoms with Gasteiger partial charge in [-0.25, -0.2) is 24.1 Å². The predicted molar refractivity (Wildman–Crippen MR) is 158 cm³/mol. The molecule has 0 saturated carbocycles. The van der Waals surface area contributed by atoms with E-state index in [1.807, 2.05) is 6.07 Å². The number of fused-ring (bicyclic) bond motifs is 1. The quantitative estimate of drug-likeness (QED) is 0.283. The second-order valence-corrected chi connectivity index (χ2v) is 10.6. The van der Waals surface area contributed by atoms with Gasteiger partial charge >= 0.3 is 6.03 Å². The molecule has 43 heavy (non-hydrogen) atoms. The summed E-state index contributed by atoms with van der Waals surface area (Å²) in [7, 11) is 5.32. The van der Waals surface area contributed by atoms with Crippen molar-refractivity contribution in [3.63, 3.8) is 0 Å². The first-order valence-electron chi connectivity index (χ1n) is 14.0. The topological polar surface area (TPSA) is 122 Å². The zero-order valence-electron chi connectivity index (χ0n) is 24.5. The number of urea groups is 1. The van der Waals surface area contributed by atoms with E-state index < -0.39 is 12.7 Å². The SMILES string of the molecule is COc1ccc(N2C(=O)N(c3c(C)noc3CF)Cc3cnc(Nc4ccc(C5CCN(C)CC5)cc4OC)nc32)nc1. The molecule has 1 fully saturated rings. The molecule has 4 aromatic rings. The number of methoxy groups -OCH3 is 2. The Kier molecular flexibility index (Phi) is 7.80. The molecule has 0 aliphatic carbocycles. The molecule has 2 amide bonds. The van der Waals surface area contributed by atoms with Gasteiger partial charge in [0.1, 0.15) is 28.7 Å². The van der Waals surface area contributed by atoms with Crippen molar-refractivity contribution in [2.75, 3.05) is 49.5 Å². The van der Waals surface area contributed by atoms with Gasteiger partial charge in [-0.05, 0) is 75.6 Å². The lowest BCUT2D eigenvalue weighted by Gasteiger charge is -2.35. The van der Waals surface area contributed by atoms with Crippen LogP contribution in [0.15, 0.2) is 47.2 Å². The van der Waals surface area contributed by atoms with Gasteiger partial charge in [-0.1, -0.05) is 11.2 Å². The number of ether oxygens (including phenoxy) is 2. The molecule has 1 saturated heterocycles. The second kappa shape index (κ2) is 11.8. The molecule has 12 nitrogen and oxygen atoms in total. The molecule has 2 aliphatic rings. The van der Waals surface area contributed by atoms with E-state index in [1.54, 1.807) is 32.4 Å². The van der Waals surface area contributed by atoms with Crippen molar-refractivity contribution in [2.24, 2.45) is 0 Å². The molecule has 0 spiro atoms. The van der Waals surface area contributed by atoms with Gasteiger partial charge in [0.2, 0.25) is 5.95 Å². The molecule has 2 aliphatic heterocycles. The van der Waals surface area contributed by atoms with E-state index in [-0.39, 0.29) is 23.9 Å². The number of nitrogens with zero attached hydrogens (tertiary/aromatic N) is 7. The van der Waals surface area contributed by atoms with Crippen LogP contribution >= 0.6 is 0 Å². The van der Waals surface area contributed by atoms with E-state index in [1.165, 1.54) is 28.7 Å². The van der Waals surface area contributed by atoms with E-state index in [4.69, 9.17) is 19.0 Å². The lowest BCUT2D eigenvalue weighted by Crippen LogP contribution is -2.46. The van der Waals surface area contributed by atoms with Crippen LogP contribution in [-0.2, 0) is 13.2 Å². The number of carbonyl (C=O) groups excluding carboxylic acids is 1. The van der Waals surface area contributed by atoms with E-state index in [0.717, 1.165) is 25.9 Å². The fraction of sp³-hybridized carbons (Fsp3) is 0.367. The highest BCUT2D eigenvalue weighted by Gasteiger charge is 2.38. The third-order valence-corrected chi connectivity index (χ3v) is 7.94. The summed E-state index contributed by atoms with van der Waals surface area (Å²) in [6, 6.07) is 9.01. The number of hydrogen-bond donors (Lipinski definition) is 1. The maximum atomic E-state index is 14.0. The largest absolute Gasteiger partial charge is 0.495 e. The number of piperidine rings is 1. The molecule has 1 N–H and O–H groups in total. The molecule has 0 unspecified atom stereocenters. The molecule has 0 atom stereocenters. The number of benzene rings is 1. The lowest BCUT2D eigenvalue weighted by molar-refractivity contribution is 0.251. The van der Waals surface area contributed by atoms with Crippen molar-refractivity contribution in [2.45, 2.75) is 38.9 Å². The number of nitrogens with one attached hydrogen (secondary N) is 1. The molecule has 5 heterocycles.